The number of halogens is 2. The second-order valence-corrected chi connectivity index (χ2v) is 10.5. The van der Waals surface area contributed by atoms with Crippen LogP contribution in [-0.2, 0) is 4.79 Å². The van der Waals surface area contributed by atoms with Crippen LogP contribution in [0.3, 0.4) is 0 Å². The Labute approximate surface area is 223 Å². The van der Waals surface area contributed by atoms with Crippen molar-refractivity contribution in [2.45, 2.75) is 51.1 Å². The van der Waals surface area contributed by atoms with Gasteiger partial charge in [0, 0.05) is 28.2 Å². The molecule has 36 heavy (non-hydrogen) atoms. The second kappa shape index (κ2) is 11.5. The van der Waals surface area contributed by atoms with Crippen molar-refractivity contribution in [2.75, 3.05) is 6.61 Å². The molecule has 1 aliphatic rings. The van der Waals surface area contributed by atoms with Gasteiger partial charge < -0.3 is 9.64 Å². The molecule has 1 fully saturated rings. The van der Waals surface area contributed by atoms with E-state index in [9.17, 15) is 4.79 Å². The highest BCUT2D eigenvalue weighted by atomic mass is 35.5. The lowest BCUT2D eigenvalue weighted by atomic mass is 9.67. The van der Waals surface area contributed by atoms with E-state index in [1.165, 1.54) is 0 Å². The Bertz CT molecular complexity index is 1190. The van der Waals surface area contributed by atoms with Crippen LogP contribution in [0, 0.1) is 5.41 Å². The van der Waals surface area contributed by atoms with E-state index in [0.29, 0.717) is 35.4 Å². The van der Waals surface area contributed by atoms with Gasteiger partial charge in [0.05, 0.1) is 17.5 Å². The van der Waals surface area contributed by atoms with E-state index in [1.54, 1.807) is 6.20 Å². The summed E-state index contributed by atoms with van der Waals surface area (Å²) in [5.74, 6) is 0.678. The van der Waals surface area contributed by atoms with Gasteiger partial charge in [-0.25, -0.2) is 4.98 Å². The zero-order valence-corrected chi connectivity index (χ0v) is 22.3. The fraction of sp³-hybridized carbons (Fsp3) is 0.333. The van der Waals surface area contributed by atoms with E-state index in [1.807, 2.05) is 78.6 Å². The molecular weight excluding hydrogens is 491 g/mol. The monoisotopic (exact) mass is 522 g/mol. The van der Waals surface area contributed by atoms with Crippen molar-refractivity contribution in [3.63, 3.8) is 0 Å². The molecule has 0 radical (unpaired) electrons. The first kappa shape index (κ1) is 26.2. The molecule has 0 bridgehead atoms. The molecule has 188 valence electrons. The number of pyridine rings is 1. The number of amides is 1. The molecule has 0 aliphatic carbocycles. The Morgan fingerprint density at radius 2 is 1.89 bits per heavy atom. The summed E-state index contributed by atoms with van der Waals surface area (Å²) in [6, 6.07) is 21.0. The van der Waals surface area contributed by atoms with E-state index >= 15 is 0 Å². The van der Waals surface area contributed by atoms with E-state index in [-0.39, 0.29) is 23.9 Å². The minimum atomic E-state index is -0.601. The van der Waals surface area contributed by atoms with Gasteiger partial charge >= 0.3 is 0 Å². The quantitative estimate of drug-likeness (QED) is 0.268. The third-order valence-corrected chi connectivity index (χ3v) is 7.60. The number of nitrogens with zero attached hydrogens (tertiary/aromatic N) is 2. The molecule has 1 amide bonds. The van der Waals surface area contributed by atoms with Crippen molar-refractivity contribution in [2.24, 2.45) is 5.41 Å². The predicted octanol–water partition coefficient (Wildman–Crippen LogP) is 7.89. The SMILES string of the molecule is C=CC[C@@]1(C)C[C@H](c2cccc(Cl)c2)[C@@H](c2ccc(Cl)cc2)N([C@@H](CC)COc2ccccn2)C1=O. The maximum Gasteiger partial charge on any atom is 0.229 e. The number of benzene rings is 2. The predicted molar refractivity (Wildman–Crippen MR) is 147 cm³/mol. The topological polar surface area (TPSA) is 42.4 Å². The molecule has 0 spiro atoms. The third-order valence-electron chi connectivity index (χ3n) is 7.11. The summed E-state index contributed by atoms with van der Waals surface area (Å²) >= 11 is 12.7. The number of ether oxygens (including phenoxy) is 1. The lowest BCUT2D eigenvalue weighted by molar-refractivity contribution is -0.155. The largest absolute Gasteiger partial charge is 0.475 e. The summed E-state index contributed by atoms with van der Waals surface area (Å²) < 4.78 is 6.08. The number of hydrogen-bond acceptors (Lipinski definition) is 3. The van der Waals surface area contributed by atoms with E-state index < -0.39 is 5.41 Å². The maximum atomic E-state index is 14.3. The van der Waals surface area contributed by atoms with Gasteiger partial charge in [0.1, 0.15) is 6.61 Å². The molecule has 6 heteroatoms. The summed E-state index contributed by atoms with van der Waals surface area (Å²) in [6.07, 6.45) is 5.55. The summed E-state index contributed by atoms with van der Waals surface area (Å²) in [6.45, 7) is 8.44. The summed E-state index contributed by atoms with van der Waals surface area (Å²) in [5, 5.41) is 1.34. The van der Waals surface area contributed by atoms with Gasteiger partial charge in [-0.2, -0.15) is 0 Å². The van der Waals surface area contributed by atoms with Crippen LogP contribution in [0.2, 0.25) is 10.0 Å². The molecule has 0 saturated carbocycles. The molecule has 2 heterocycles. The van der Waals surface area contributed by atoms with Crippen LogP contribution in [0.25, 0.3) is 0 Å². The lowest BCUT2D eigenvalue weighted by Gasteiger charge is -2.52. The van der Waals surface area contributed by atoms with Crippen LogP contribution in [0.1, 0.15) is 56.2 Å². The molecule has 4 rings (SSSR count). The van der Waals surface area contributed by atoms with Crippen LogP contribution in [0.4, 0.5) is 0 Å². The summed E-state index contributed by atoms with van der Waals surface area (Å²) in [4.78, 5) is 20.6. The molecule has 2 aromatic carbocycles. The average molecular weight is 524 g/mol. The minimum absolute atomic E-state index is 0.0245. The van der Waals surface area contributed by atoms with Gasteiger partial charge in [0.25, 0.3) is 0 Å². The van der Waals surface area contributed by atoms with Crippen LogP contribution in [0.5, 0.6) is 5.88 Å². The minimum Gasteiger partial charge on any atom is -0.475 e. The number of piperidine rings is 1. The number of carbonyl (C=O) groups is 1. The Balaban J connectivity index is 1.82. The number of hydrogen-bond donors (Lipinski definition) is 0. The van der Waals surface area contributed by atoms with Gasteiger partial charge in [-0.3, -0.25) is 4.79 Å². The molecule has 4 atom stereocenters. The summed E-state index contributed by atoms with van der Waals surface area (Å²) in [7, 11) is 0. The first-order chi connectivity index (χ1) is 17.4. The summed E-state index contributed by atoms with van der Waals surface area (Å²) in [5.41, 5.74) is 1.54. The zero-order chi connectivity index (χ0) is 25.7. The van der Waals surface area contributed by atoms with Gasteiger partial charge in [0.2, 0.25) is 11.8 Å². The molecule has 0 N–H and O–H groups in total. The number of aromatic nitrogens is 1. The van der Waals surface area contributed by atoms with Crippen molar-refractivity contribution in [1.82, 2.24) is 9.88 Å². The van der Waals surface area contributed by atoms with Gasteiger partial charge in [-0.15, -0.1) is 6.58 Å². The highest BCUT2D eigenvalue weighted by molar-refractivity contribution is 6.30. The van der Waals surface area contributed by atoms with Crippen molar-refractivity contribution in [3.8, 4) is 5.88 Å². The van der Waals surface area contributed by atoms with Crippen molar-refractivity contribution < 1.29 is 9.53 Å². The number of allylic oxidation sites excluding steroid dienone is 1. The van der Waals surface area contributed by atoms with E-state index in [2.05, 4.69) is 24.6 Å². The molecule has 1 aromatic heterocycles. The van der Waals surface area contributed by atoms with Gasteiger partial charge in [-0.1, -0.05) is 73.5 Å². The maximum absolute atomic E-state index is 14.3. The fourth-order valence-electron chi connectivity index (χ4n) is 5.30. The average Bonchev–Trinajstić information content (AvgIpc) is 2.88. The number of rotatable bonds is 9. The highest BCUT2D eigenvalue weighted by Crippen LogP contribution is 2.52. The normalized spacial score (nSPS) is 22.8. The van der Waals surface area contributed by atoms with Crippen molar-refractivity contribution in [1.29, 1.82) is 0 Å². The van der Waals surface area contributed by atoms with Crippen LogP contribution >= 0.6 is 23.2 Å². The Kier molecular flexibility index (Phi) is 8.38. The van der Waals surface area contributed by atoms with E-state index in [0.717, 1.165) is 17.5 Å². The lowest BCUT2D eigenvalue weighted by Crippen LogP contribution is -2.56. The zero-order valence-electron chi connectivity index (χ0n) is 20.7. The molecule has 0 unspecified atom stereocenters. The molecule has 1 aliphatic heterocycles. The third kappa shape index (κ3) is 5.61. The first-order valence-corrected chi connectivity index (χ1v) is 13.1. The smallest absolute Gasteiger partial charge is 0.229 e. The highest BCUT2D eigenvalue weighted by Gasteiger charge is 2.51. The Morgan fingerprint density at radius 1 is 1.11 bits per heavy atom. The van der Waals surface area contributed by atoms with Crippen LogP contribution < -0.4 is 4.74 Å². The van der Waals surface area contributed by atoms with Crippen molar-refractivity contribution >= 4 is 29.1 Å². The van der Waals surface area contributed by atoms with Crippen LogP contribution in [-0.4, -0.2) is 28.4 Å². The number of likely N-dealkylation sites (tertiary alicyclic amines) is 1. The molecule has 3 aromatic rings. The second-order valence-electron chi connectivity index (χ2n) is 9.67. The van der Waals surface area contributed by atoms with E-state index in [4.69, 9.17) is 27.9 Å². The molecule has 1 saturated heterocycles. The van der Waals surface area contributed by atoms with Crippen molar-refractivity contribution in [3.05, 3.63) is 107 Å². The standard InChI is InChI=1S/C30H32Cl2N2O2/c1-4-16-30(3)19-26(22-9-8-10-24(32)18-22)28(21-12-14-23(31)15-13-21)34(29(30)35)25(5-2)20-36-27-11-6-7-17-33-27/h4,6-15,17-18,25-26,28H,1,5,16,19-20H2,2-3H3/t25-,26+,28+,30-/m0/s1. The molecule has 4 nitrogen and oxygen atoms in total. The Hall–Kier alpha value is -2.82. The fourth-order valence-corrected chi connectivity index (χ4v) is 5.62. The van der Waals surface area contributed by atoms with Gasteiger partial charge in [-0.05, 0) is 60.7 Å². The molecular formula is C30H32Cl2N2O2. The number of carbonyl (C=O) groups excluding carboxylic acids is 1. The van der Waals surface area contributed by atoms with Gasteiger partial charge in [0.15, 0.2) is 0 Å². The Morgan fingerprint density at radius 3 is 2.53 bits per heavy atom. The first-order valence-electron chi connectivity index (χ1n) is 12.3. The van der Waals surface area contributed by atoms with Crippen LogP contribution in [0.15, 0.2) is 85.6 Å².